The molecule has 0 aromatic heterocycles. The van der Waals surface area contributed by atoms with Gasteiger partial charge in [0.25, 0.3) is 5.91 Å². The molecule has 2 aliphatic rings. The van der Waals surface area contributed by atoms with Crippen molar-refractivity contribution in [1.29, 1.82) is 0 Å². The van der Waals surface area contributed by atoms with Crippen molar-refractivity contribution in [3.63, 3.8) is 0 Å². The lowest BCUT2D eigenvalue weighted by Gasteiger charge is -2.26. The maximum atomic E-state index is 14.0. The molecule has 2 aliphatic heterocycles. The molecule has 0 bridgehead atoms. The van der Waals surface area contributed by atoms with Crippen LogP contribution in [-0.4, -0.2) is 51.5 Å². The van der Waals surface area contributed by atoms with E-state index in [-0.39, 0.29) is 24.5 Å². The number of nitrogens with zero attached hydrogens (tertiary/aromatic N) is 2. The Bertz CT molecular complexity index is 1020. The molecular weight excluding hydrogens is 390 g/mol. The Kier molecular flexibility index (Phi) is 4.90. The highest BCUT2D eigenvalue weighted by molar-refractivity contribution is 7.89. The fraction of sp³-hybridized carbons (Fsp3) is 0.316. The Morgan fingerprint density at radius 1 is 1.00 bits per heavy atom. The minimum absolute atomic E-state index is 0.138. The van der Waals surface area contributed by atoms with Crippen LogP contribution >= 0.6 is 0 Å². The molecule has 4 rings (SSSR count). The summed E-state index contributed by atoms with van der Waals surface area (Å²) in [5.41, 5.74) is 0.508. The van der Waals surface area contributed by atoms with Gasteiger partial charge in [0.1, 0.15) is 17.2 Å². The molecule has 6 nitrogen and oxygen atoms in total. The monoisotopic (exact) mass is 408 g/mol. The highest BCUT2D eigenvalue weighted by Crippen LogP contribution is 2.33. The lowest BCUT2D eigenvalue weighted by Crippen LogP contribution is -2.40. The summed E-state index contributed by atoms with van der Waals surface area (Å²) in [6, 6.07) is 7.74. The summed E-state index contributed by atoms with van der Waals surface area (Å²) in [7, 11) is -3.66. The number of fused-ring (bicyclic) bond motifs is 1. The van der Waals surface area contributed by atoms with Gasteiger partial charge in [-0.15, -0.1) is 0 Å². The summed E-state index contributed by atoms with van der Waals surface area (Å²) < 4.78 is 60.1. The van der Waals surface area contributed by atoms with Crippen LogP contribution in [0.4, 0.5) is 14.5 Å². The van der Waals surface area contributed by atoms with Crippen LogP contribution in [0.1, 0.15) is 15.9 Å². The molecule has 1 fully saturated rings. The number of rotatable bonds is 3. The van der Waals surface area contributed by atoms with Crippen LogP contribution in [0.15, 0.2) is 41.3 Å². The largest absolute Gasteiger partial charge is 0.379 e. The van der Waals surface area contributed by atoms with Gasteiger partial charge in [0.15, 0.2) is 0 Å². The molecule has 0 N–H and O–H groups in total. The average molecular weight is 408 g/mol. The zero-order chi connectivity index (χ0) is 19.9. The topological polar surface area (TPSA) is 66.9 Å². The Balaban J connectivity index is 1.65. The number of amides is 1. The first kappa shape index (κ1) is 19.0. The standard InChI is InChI=1S/C19H18F2N2O4S/c20-15-2-1-3-16(21)18(15)19(24)23-7-6-13-12-14(4-5-17(13)23)28(25,26)22-8-10-27-11-9-22/h1-5,12H,6-11H2. The lowest BCUT2D eigenvalue weighted by molar-refractivity contribution is 0.0730. The molecule has 2 aromatic carbocycles. The smallest absolute Gasteiger partial charge is 0.264 e. The minimum atomic E-state index is -3.66. The second-order valence-electron chi connectivity index (χ2n) is 6.61. The van der Waals surface area contributed by atoms with Crippen molar-refractivity contribution < 1.29 is 26.7 Å². The van der Waals surface area contributed by atoms with Crippen molar-refractivity contribution in [2.24, 2.45) is 0 Å². The highest BCUT2D eigenvalue weighted by Gasteiger charge is 2.32. The predicted molar refractivity (Wildman–Crippen MR) is 97.8 cm³/mol. The summed E-state index contributed by atoms with van der Waals surface area (Å²) in [4.78, 5) is 14.1. The van der Waals surface area contributed by atoms with E-state index in [1.807, 2.05) is 0 Å². The maximum absolute atomic E-state index is 14.0. The molecule has 2 heterocycles. The van der Waals surface area contributed by atoms with Crippen LogP contribution in [-0.2, 0) is 21.2 Å². The van der Waals surface area contributed by atoms with E-state index >= 15 is 0 Å². The number of morpholine rings is 1. The van der Waals surface area contributed by atoms with Gasteiger partial charge in [-0.3, -0.25) is 4.79 Å². The van der Waals surface area contributed by atoms with E-state index in [4.69, 9.17) is 4.74 Å². The molecule has 1 saturated heterocycles. The quantitative estimate of drug-likeness (QED) is 0.781. The molecule has 0 aliphatic carbocycles. The molecule has 0 atom stereocenters. The first-order valence-corrected chi connectivity index (χ1v) is 10.3. The number of hydrogen-bond acceptors (Lipinski definition) is 4. The van der Waals surface area contributed by atoms with Gasteiger partial charge < -0.3 is 9.64 Å². The first-order chi connectivity index (χ1) is 13.4. The zero-order valence-corrected chi connectivity index (χ0v) is 15.7. The molecule has 1 amide bonds. The van der Waals surface area contributed by atoms with Crippen LogP contribution < -0.4 is 4.90 Å². The molecule has 9 heteroatoms. The van der Waals surface area contributed by atoms with Crippen LogP contribution in [0.3, 0.4) is 0 Å². The van der Waals surface area contributed by atoms with E-state index in [1.54, 1.807) is 0 Å². The fourth-order valence-electron chi connectivity index (χ4n) is 3.52. The van der Waals surface area contributed by atoms with Gasteiger partial charge in [0.05, 0.1) is 18.1 Å². The molecule has 0 radical (unpaired) electrons. The van der Waals surface area contributed by atoms with Crippen molar-refractivity contribution in [3.05, 3.63) is 59.2 Å². The van der Waals surface area contributed by atoms with Crippen LogP contribution in [0, 0.1) is 11.6 Å². The molecular formula is C19H18F2N2O4S. The third-order valence-electron chi connectivity index (χ3n) is 4.98. The van der Waals surface area contributed by atoms with E-state index in [1.165, 1.54) is 33.5 Å². The van der Waals surface area contributed by atoms with Gasteiger partial charge in [-0.1, -0.05) is 6.07 Å². The molecule has 0 saturated carbocycles. The number of halogens is 2. The Hall–Kier alpha value is -2.36. The lowest BCUT2D eigenvalue weighted by atomic mass is 10.1. The zero-order valence-electron chi connectivity index (χ0n) is 14.9. The normalized spacial score (nSPS) is 17.6. The summed E-state index contributed by atoms with van der Waals surface area (Å²) in [6.07, 6.45) is 0.406. The fourth-order valence-corrected chi connectivity index (χ4v) is 4.98. The van der Waals surface area contributed by atoms with Crippen molar-refractivity contribution >= 4 is 21.6 Å². The van der Waals surface area contributed by atoms with Crippen molar-refractivity contribution in [3.8, 4) is 0 Å². The van der Waals surface area contributed by atoms with E-state index in [2.05, 4.69) is 0 Å². The van der Waals surface area contributed by atoms with Gasteiger partial charge >= 0.3 is 0 Å². The maximum Gasteiger partial charge on any atom is 0.264 e. The summed E-state index contributed by atoms with van der Waals surface area (Å²) in [5.74, 6) is -2.63. The van der Waals surface area contributed by atoms with E-state index in [0.717, 1.165) is 12.1 Å². The van der Waals surface area contributed by atoms with E-state index < -0.39 is 33.1 Å². The van der Waals surface area contributed by atoms with Gasteiger partial charge in [-0.05, 0) is 42.3 Å². The Morgan fingerprint density at radius 2 is 1.68 bits per heavy atom. The average Bonchev–Trinajstić information content (AvgIpc) is 3.11. The van der Waals surface area contributed by atoms with Gasteiger partial charge in [0.2, 0.25) is 10.0 Å². The van der Waals surface area contributed by atoms with Crippen LogP contribution in [0.25, 0.3) is 0 Å². The predicted octanol–water partition coefficient (Wildman–Crippen LogP) is 2.19. The number of carbonyl (C=O) groups excluding carboxylic acids is 1. The van der Waals surface area contributed by atoms with Gasteiger partial charge in [0, 0.05) is 25.3 Å². The van der Waals surface area contributed by atoms with Crippen molar-refractivity contribution in [1.82, 2.24) is 4.31 Å². The number of hydrogen-bond donors (Lipinski definition) is 0. The number of benzene rings is 2. The second-order valence-corrected chi connectivity index (χ2v) is 8.55. The number of sulfonamides is 1. The third kappa shape index (κ3) is 3.19. The number of carbonyl (C=O) groups is 1. The molecule has 0 spiro atoms. The summed E-state index contributed by atoms with van der Waals surface area (Å²) in [6.45, 7) is 1.50. The van der Waals surface area contributed by atoms with Gasteiger partial charge in [-0.2, -0.15) is 4.31 Å². The van der Waals surface area contributed by atoms with E-state index in [9.17, 15) is 22.0 Å². The Morgan fingerprint density at radius 3 is 2.36 bits per heavy atom. The molecule has 28 heavy (non-hydrogen) atoms. The highest BCUT2D eigenvalue weighted by atomic mass is 32.2. The molecule has 148 valence electrons. The van der Waals surface area contributed by atoms with Gasteiger partial charge in [-0.25, -0.2) is 17.2 Å². The summed E-state index contributed by atoms with van der Waals surface area (Å²) >= 11 is 0. The SMILES string of the molecule is O=C(c1c(F)cccc1F)N1CCc2cc(S(=O)(=O)N3CCOCC3)ccc21. The third-order valence-corrected chi connectivity index (χ3v) is 6.87. The molecule has 0 unspecified atom stereocenters. The minimum Gasteiger partial charge on any atom is -0.379 e. The number of ether oxygens (including phenoxy) is 1. The van der Waals surface area contributed by atoms with E-state index in [0.29, 0.717) is 30.9 Å². The van der Waals surface area contributed by atoms with Crippen LogP contribution in [0.2, 0.25) is 0 Å². The second kappa shape index (κ2) is 7.23. The van der Waals surface area contributed by atoms with Crippen LogP contribution in [0.5, 0.6) is 0 Å². The number of anilines is 1. The van der Waals surface area contributed by atoms with Crippen molar-refractivity contribution in [2.75, 3.05) is 37.7 Å². The summed E-state index contributed by atoms with van der Waals surface area (Å²) in [5, 5.41) is 0. The molecule has 2 aromatic rings. The van der Waals surface area contributed by atoms with Crippen molar-refractivity contribution in [2.45, 2.75) is 11.3 Å². The first-order valence-electron chi connectivity index (χ1n) is 8.86. The Labute approximate surface area is 161 Å².